The van der Waals surface area contributed by atoms with Gasteiger partial charge in [0.25, 0.3) is 0 Å². The van der Waals surface area contributed by atoms with Gasteiger partial charge in [-0.1, -0.05) is 90.6 Å². The quantitative estimate of drug-likeness (QED) is 0.236. The molecule has 4 aromatic rings. The molecule has 2 N–H and O–H groups in total. The molecule has 0 unspecified atom stereocenters. The topological polar surface area (TPSA) is 59.0 Å². The molecule has 1 heterocycles. The first kappa shape index (κ1) is 22.7. The summed E-state index contributed by atoms with van der Waals surface area (Å²) in [7, 11) is 0. The minimum atomic E-state index is -0.196. The van der Waals surface area contributed by atoms with Gasteiger partial charge in [-0.25, -0.2) is 9.78 Å². The summed E-state index contributed by atoms with van der Waals surface area (Å²) < 4.78 is 2.26. The number of aryl methyl sites for hydroxylation is 1. The van der Waals surface area contributed by atoms with Crippen molar-refractivity contribution in [3.63, 3.8) is 0 Å². The van der Waals surface area contributed by atoms with E-state index in [2.05, 4.69) is 58.5 Å². The Kier molecular flexibility index (Phi) is 7.47. The fourth-order valence-electron chi connectivity index (χ4n) is 3.71. The maximum Gasteiger partial charge on any atom is 0.319 e. The second kappa shape index (κ2) is 10.9. The Hall–Kier alpha value is -3.51. The molecule has 168 valence electrons. The normalized spacial score (nSPS) is 10.7. The molecule has 0 saturated carbocycles. The van der Waals surface area contributed by atoms with Crippen LogP contribution in [0.1, 0.15) is 12.5 Å². The largest absolute Gasteiger partial charge is 0.337 e. The molecule has 0 aliphatic carbocycles. The number of aromatic nitrogens is 2. The van der Waals surface area contributed by atoms with Crippen LogP contribution in [0.5, 0.6) is 0 Å². The first-order valence-electron chi connectivity index (χ1n) is 11.1. The third kappa shape index (κ3) is 5.46. The molecule has 4 rings (SSSR count). The molecule has 2 amide bonds. The standard InChI is InChI=1S/C27H28N4OS/c1-3-31-25(22-15-8-5-9-16-22)24(21-13-6-4-7-14-21)30-27(31)33-19-18-28-26(32)29-23-17-11-10-12-20(23)2/h4-17H,3,18-19H2,1-2H3,(H2,28,29,32). The molecule has 1 aromatic heterocycles. The first-order chi connectivity index (χ1) is 16.2. The second-order valence-corrected chi connectivity index (χ2v) is 8.67. The van der Waals surface area contributed by atoms with Crippen molar-refractivity contribution in [2.75, 3.05) is 17.6 Å². The predicted molar refractivity (Wildman–Crippen MR) is 138 cm³/mol. The SMILES string of the molecule is CCn1c(SCCNC(=O)Nc2ccccc2C)nc(-c2ccccc2)c1-c1ccccc1. The summed E-state index contributed by atoms with van der Waals surface area (Å²) in [5, 5.41) is 6.81. The van der Waals surface area contributed by atoms with Gasteiger partial charge in [0.1, 0.15) is 0 Å². The number of carbonyl (C=O) groups is 1. The number of benzene rings is 3. The molecule has 0 saturated heterocycles. The highest BCUT2D eigenvalue weighted by Crippen LogP contribution is 2.35. The van der Waals surface area contributed by atoms with Crippen molar-refractivity contribution in [3.05, 3.63) is 90.5 Å². The van der Waals surface area contributed by atoms with Gasteiger partial charge in [-0.2, -0.15) is 0 Å². The van der Waals surface area contributed by atoms with Crippen molar-refractivity contribution in [2.24, 2.45) is 0 Å². The smallest absolute Gasteiger partial charge is 0.319 e. The molecule has 0 spiro atoms. The summed E-state index contributed by atoms with van der Waals surface area (Å²) in [5.74, 6) is 0.723. The number of rotatable bonds is 8. The van der Waals surface area contributed by atoms with Crippen LogP contribution in [0.15, 0.2) is 90.1 Å². The molecule has 3 aromatic carbocycles. The average molecular weight is 457 g/mol. The first-order valence-corrected chi connectivity index (χ1v) is 12.1. The fraction of sp³-hybridized carbons (Fsp3) is 0.185. The third-order valence-corrected chi connectivity index (χ3v) is 6.33. The fourth-order valence-corrected chi connectivity index (χ4v) is 4.63. The van der Waals surface area contributed by atoms with Crippen LogP contribution in [-0.2, 0) is 6.54 Å². The van der Waals surface area contributed by atoms with Crippen LogP contribution in [0, 0.1) is 6.92 Å². The number of hydrogen-bond acceptors (Lipinski definition) is 3. The lowest BCUT2D eigenvalue weighted by Crippen LogP contribution is -2.30. The summed E-state index contributed by atoms with van der Waals surface area (Å²) >= 11 is 1.66. The van der Waals surface area contributed by atoms with E-state index in [1.165, 1.54) is 0 Å². The third-order valence-electron chi connectivity index (χ3n) is 5.36. The number of para-hydroxylation sites is 1. The van der Waals surface area contributed by atoms with Gasteiger partial charge in [0.05, 0.1) is 11.4 Å². The summed E-state index contributed by atoms with van der Waals surface area (Å²) in [6.07, 6.45) is 0. The van der Waals surface area contributed by atoms with Crippen LogP contribution < -0.4 is 10.6 Å². The second-order valence-electron chi connectivity index (χ2n) is 7.61. The van der Waals surface area contributed by atoms with Crippen molar-refractivity contribution >= 4 is 23.5 Å². The van der Waals surface area contributed by atoms with E-state index in [-0.39, 0.29) is 6.03 Å². The Morgan fingerprint density at radius 1 is 0.909 bits per heavy atom. The highest BCUT2D eigenvalue weighted by Gasteiger charge is 2.19. The summed E-state index contributed by atoms with van der Waals surface area (Å²) in [5.41, 5.74) is 6.21. The van der Waals surface area contributed by atoms with E-state index in [0.29, 0.717) is 6.54 Å². The molecule has 0 fully saturated rings. The van der Waals surface area contributed by atoms with Crippen molar-refractivity contribution in [3.8, 4) is 22.5 Å². The minimum Gasteiger partial charge on any atom is -0.337 e. The van der Waals surface area contributed by atoms with Crippen molar-refractivity contribution < 1.29 is 4.79 Å². The molecule has 0 aliphatic rings. The van der Waals surface area contributed by atoms with E-state index >= 15 is 0 Å². The Balaban J connectivity index is 1.48. The predicted octanol–water partition coefficient (Wildman–Crippen LogP) is 6.46. The van der Waals surface area contributed by atoms with Crippen LogP contribution >= 0.6 is 11.8 Å². The number of imidazole rings is 1. The lowest BCUT2D eigenvalue weighted by molar-refractivity contribution is 0.252. The number of hydrogen-bond donors (Lipinski definition) is 2. The van der Waals surface area contributed by atoms with Gasteiger partial charge >= 0.3 is 6.03 Å². The van der Waals surface area contributed by atoms with E-state index in [4.69, 9.17) is 4.98 Å². The maximum atomic E-state index is 12.3. The summed E-state index contributed by atoms with van der Waals surface area (Å²) in [6, 6.07) is 28.2. The lowest BCUT2D eigenvalue weighted by atomic mass is 10.0. The van der Waals surface area contributed by atoms with Gasteiger partial charge in [0, 0.05) is 35.7 Å². The van der Waals surface area contributed by atoms with E-state index in [1.54, 1.807) is 11.8 Å². The number of amides is 2. The number of anilines is 1. The zero-order chi connectivity index (χ0) is 23.0. The number of carbonyl (C=O) groups excluding carboxylic acids is 1. The number of urea groups is 1. The van der Waals surface area contributed by atoms with Crippen LogP contribution in [0.3, 0.4) is 0 Å². The molecule has 33 heavy (non-hydrogen) atoms. The molecule has 0 radical (unpaired) electrons. The lowest BCUT2D eigenvalue weighted by Gasteiger charge is -2.11. The maximum absolute atomic E-state index is 12.3. The van der Waals surface area contributed by atoms with Crippen LogP contribution in [0.4, 0.5) is 10.5 Å². The van der Waals surface area contributed by atoms with Gasteiger partial charge in [0.2, 0.25) is 0 Å². The van der Waals surface area contributed by atoms with E-state index in [1.807, 2.05) is 55.5 Å². The number of thioether (sulfide) groups is 1. The van der Waals surface area contributed by atoms with E-state index in [9.17, 15) is 4.79 Å². The van der Waals surface area contributed by atoms with Crippen molar-refractivity contribution in [1.29, 1.82) is 0 Å². The average Bonchev–Trinajstić information content (AvgIpc) is 3.23. The van der Waals surface area contributed by atoms with Gasteiger partial charge in [-0.3, -0.25) is 0 Å². The van der Waals surface area contributed by atoms with Crippen LogP contribution in [0.2, 0.25) is 0 Å². The zero-order valence-corrected chi connectivity index (χ0v) is 19.7. The van der Waals surface area contributed by atoms with Gasteiger partial charge in [0.15, 0.2) is 5.16 Å². The Bertz CT molecular complexity index is 1210. The van der Waals surface area contributed by atoms with Crippen molar-refractivity contribution in [1.82, 2.24) is 14.9 Å². The number of nitrogens with zero attached hydrogens (tertiary/aromatic N) is 2. The Labute approximate surface area is 199 Å². The molecule has 0 aliphatic heterocycles. The van der Waals surface area contributed by atoms with Gasteiger partial charge < -0.3 is 15.2 Å². The molecule has 6 heteroatoms. The Morgan fingerprint density at radius 2 is 1.55 bits per heavy atom. The monoisotopic (exact) mass is 456 g/mol. The molecule has 0 atom stereocenters. The zero-order valence-electron chi connectivity index (χ0n) is 18.9. The molecule has 0 bridgehead atoms. The van der Waals surface area contributed by atoms with Crippen LogP contribution in [-0.4, -0.2) is 27.9 Å². The van der Waals surface area contributed by atoms with Gasteiger partial charge in [-0.05, 0) is 25.5 Å². The van der Waals surface area contributed by atoms with Crippen molar-refractivity contribution in [2.45, 2.75) is 25.5 Å². The van der Waals surface area contributed by atoms with Gasteiger partial charge in [-0.15, -0.1) is 0 Å². The van der Waals surface area contributed by atoms with E-state index in [0.717, 1.165) is 51.2 Å². The van der Waals surface area contributed by atoms with Crippen LogP contribution in [0.25, 0.3) is 22.5 Å². The summed E-state index contributed by atoms with van der Waals surface area (Å²) in [6.45, 7) is 5.47. The highest BCUT2D eigenvalue weighted by atomic mass is 32.2. The summed E-state index contributed by atoms with van der Waals surface area (Å²) in [4.78, 5) is 17.3. The Morgan fingerprint density at radius 3 is 2.21 bits per heavy atom. The highest BCUT2D eigenvalue weighted by molar-refractivity contribution is 7.99. The number of nitrogens with one attached hydrogen (secondary N) is 2. The molecular formula is C27H28N4OS. The minimum absolute atomic E-state index is 0.196. The molecule has 5 nitrogen and oxygen atoms in total. The molecular weight excluding hydrogens is 428 g/mol. The van der Waals surface area contributed by atoms with E-state index < -0.39 is 0 Å².